The lowest BCUT2D eigenvalue weighted by Crippen LogP contribution is -2.47. The maximum atomic E-state index is 13.7. The van der Waals surface area contributed by atoms with Gasteiger partial charge in [-0.25, -0.2) is 0 Å². The standard InChI is InChI=1S/C30H30N2O3/c1-3-21(2)32-29(31-26-16-10-9-15-25(26)30(32)33)28-24-14-8-7-11-22(24)17-18-27(28)35-20-19-34-23-12-5-4-6-13-23/h4-18,21,29,31H,3,19-20H2,1-2H3. The average Bonchev–Trinajstić information content (AvgIpc) is 2.91. The number of amides is 1. The fourth-order valence-electron chi connectivity index (χ4n) is 4.64. The molecule has 5 heteroatoms. The molecule has 0 fully saturated rings. The van der Waals surface area contributed by atoms with E-state index in [9.17, 15) is 4.79 Å². The predicted molar refractivity (Wildman–Crippen MR) is 140 cm³/mol. The lowest BCUT2D eigenvalue weighted by atomic mass is 9.96. The van der Waals surface area contributed by atoms with Crippen LogP contribution in [0.5, 0.6) is 11.5 Å². The number of hydrogen-bond acceptors (Lipinski definition) is 4. The van der Waals surface area contributed by atoms with Crippen LogP contribution in [-0.4, -0.2) is 30.1 Å². The van der Waals surface area contributed by atoms with Crippen LogP contribution in [0, 0.1) is 0 Å². The van der Waals surface area contributed by atoms with E-state index in [0.717, 1.165) is 39.9 Å². The molecule has 5 nitrogen and oxygen atoms in total. The number of ether oxygens (including phenoxy) is 2. The SMILES string of the molecule is CCC(C)N1C(=O)c2ccccc2NC1c1c(OCCOc2ccccc2)ccc2ccccc12. The van der Waals surface area contributed by atoms with Gasteiger partial charge in [0.25, 0.3) is 5.91 Å². The Balaban J connectivity index is 1.52. The van der Waals surface area contributed by atoms with Crippen molar-refractivity contribution in [3.63, 3.8) is 0 Å². The van der Waals surface area contributed by atoms with Gasteiger partial charge in [0.05, 0.1) is 5.56 Å². The molecular formula is C30H30N2O3. The summed E-state index contributed by atoms with van der Waals surface area (Å²) in [7, 11) is 0. The van der Waals surface area contributed by atoms with Crippen LogP contribution in [0.15, 0.2) is 91.0 Å². The van der Waals surface area contributed by atoms with E-state index in [4.69, 9.17) is 9.47 Å². The molecule has 2 atom stereocenters. The summed E-state index contributed by atoms with van der Waals surface area (Å²) in [4.78, 5) is 15.6. The van der Waals surface area contributed by atoms with Crippen LogP contribution in [0.1, 0.15) is 42.4 Å². The Hall–Kier alpha value is -3.99. The highest BCUT2D eigenvalue weighted by Crippen LogP contribution is 2.41. The molecule has 35 heavy (non-hydrogen) atoms. The quantitative estimate of drug-likeness (QED) is 0.295. The summed E-state index contributed by atoms with van der Waals surface area (Å²) >= 11 is 0. The van der Waals surface area contributed by atoms with Crippen LogP contribution in [0.2, 0.25) is 0 Å². The lowest BCUT2D eigenvalue weighted by molar-refractivity contribution is 0.0591. The van der Waals surface area contributed by atoms with Gasteiger partial charge >= 0.3 is 0 Å². The van der Waals surface area contributed by atoms with Crippen LogP contribution in [0.25, 0.3) is 10.8 Å². The first-order chi connectivity index (χ1) is 17.2. The van der Waals surface area contributed by atoms with E-state index in [1.807, 2.05) is 77.7 Å². The summed E-state index contributed by atoms with van der Waals surface area (Å²) < 4.78 is 12.1. The highest BCUT2D eigenvalue weighted by Gasteiger charge is 2.37. The molecule has 0 spiro atoms. The van der Waals surface area contributed by atoms with Gasteiger partial charge in [-0.15, -0.1) is 0 Å². The van der Waals surface area contributed by atoms with Crippen molar-refractivity contribution in [3.05, 3.63) is 102 Å². The molecule has 2 unspecified atom stereocenters. The van der Waals surface area contributed by atoms with Gasteiger partial charge in [-0.05, 0) is 54.4 Å². The van der Waals surface area contributed by atoms with E-state index >= 15 is 0 Å². The number of fused-ring (bicyclic) bond motifs is 2. The topological polar surface area (TPSA) is 50.8 Å². The molecule has 1 aliphatic heterocycles. The molecule has 1 amide bonds. The second kappa shape index (κ2) is 10.1. The van der Waals surface area contributed by atoms with Crippen LogP contribution >= 0.6 is 0 Å². The molecule has 5 rings (SSSR count). The molecule has 1 heterocycles. The largest absolute Gasteiger partial charge is 0.490 e. The van der Waals surface area contributed by atoms with Crippen molar-refractivity contribution >= 4 is 22.4 Å². The van der Waals surface area contributed by atoms with Crippen molar-refractivity contribution in [2.45, 2.75) is 32.5 Å². The molecule has 0 saturated carbocycles. The molecule has 4 aromatic rings. The van der Waals surface area contributed by atoms with Gasteiger partial charge in [-0.1, -0.05) is 67.6 Å². The Morgan fingerprint density at radius 1 is 0.857 bits per heavy atom. The van der Waals surface area contributed by atoms with Crippen molar-refractivity contribution in [1.29, 1.82) is 0 Å². The Morgan fingerprint density at radius 2 is 1.57 bits per heavy atom. The average molecular weight is 467 g/mol. The van der Waals surface area contributed by atoms with Crippen LogP contribution in [-0.2, 0) is 0 Å². The minimum absolute atomic E-state index is 0.0324. The number of hydrogen-bond donors (Lipinski definition) is 1. The summed E-state index contributed by atoms with van der Waals surface area (Å²) in [5.41, 5.74) is 2.50. The first-order valence-corrected chi connectivity index (χ1v) is 12.2. The summed E-state index contributed by atoms with van der Waals surface area (Å²) in [6.07, 6.45) is 0.487. The molecule has 1 N–H and O–H groups in total. The van der Waals surface area contributed by atoms with Crippen molar-refractivity contribution in [3.8, 4) is 11.5 Å². The van der Waals surface area contributed by atoms with Gasteiger partial charge < -0.3 is 19.7 Å². The summed E-state index contributed by atoms with van der Waals surface area (Å²) in [6.45, 7) is 5.02. The third kappa shape index (κ3) is 4.54. The van der Waals surface area contributed by atoms with Crippen molar-refractivity contribution in [2.75, 3.05) is 18.5 Å². The van der Waals surface area contributed by atoms with Gasteiger partial charge in [0.15, 0.2) is 0 Å². The molecule has 1 aliphatic rings. The van der Waals surface area contributed by atoms with Gasteiger partial charge in [-0.3, -0.25) is 4.79 Å². The first kappa shape index (κ1) is 22.8. The van der Waals surface area contributed by atoms with Gasteiger partial charge in [-0.2, -0.15) is 0 Å². The Labute approximate surface area is 206 Å². The van der Waals surface area contributed by atoms with E-state index in [2.05, 4.69) is 37.4 Å². The summed E-state index contributed by atoms with van der Waals surface area (Å²) in [5.74, 6) is 1.59. The van der Waals surface area contributed by atoms with Gasteiger partial charge in [0.2, 0.25) is 0 Å². The van der Waals surface area contributed by atoms with Crippen molar-refractivity contribution in [2.24, 2.45) is 0 Å². The first-order valence-electron chi connectivity index (χ1n) is 12.2. The number of benzene rings is 4. The van der Waals surface area contributed by atoms with Crippen molar-refractivity contribution in [1.82, 2.24) is 4.90 Å². The molecule has 4 aromatic carbocycles. The highest BCUT2D eigenvalue weighted by atomic mass is 16.5. The van der Waals surface area contributed by atoms with E-state index in [1.165, 1.54) is 0 Å². The van der Waals surface area contributed by atoms with Crippen LogP contribution < -0.4 is 14.8 Å². The minimum atomic E-state index is -0.358. The third-order valence-electron chi connectivity index (χ3n) is 6.59. The van der Waals surface area contributed by atoms with Gasteiger partial charge in [0, 0.05) is 17.3 Å². The van der Waals surface area contributed by atoms with Gasteiger partial charge in [0.1, 0.15) is 30.9 Å². The number of carbonyl (C=O) groups excluding carboxylic acids is 1. The number of para-hydroxylation sites is 2. The Bertz CT molecular complexity index is 1320. The van der Waals surface area contributed by atoms with Crippen molar-refractivity contribution < 1.29 is 14.3 Å². The molecule has 0 radical (unpaired) electrons. The fraction of sp³-hybridized carbons (Fsp3) is 0.233. The van der Waals surface area contributed by atoms with E-state index < -0.39 is 0 Å². The second-order valence-corrected chi connectivity index (χ2v) is 8.77. The Morgan fingerprint density at radius 3 is 2.40 bits per heavy atom. The van der Waals surface area contributed by atoms with Crippen LogP contribution in [0.4, 0.5) is 5.69 Å². The smallest absolute Gasteiger partial charge is 0.258 e. The second-order valence-electron chi connectivity index (χ2n) is 8.77. The summed E-state index contributed by atoms with van der Waals surface area (Å²) in [6, 6.07) is 29.8. The number of nitrogens with zero attached hydrogens (tertiary/aromatic N) is 1. The summed E-state index contributed by atoms with van der Waals surface area (Å²) in [5, 5.41) is 5.82. The molecular weight excluding hydrogens is 436 g/mol. The molecule has 178 valence electrons. The molecule has 0 aromatic heterocycles. The number of rotatable bonds is 8. The van der Waals surface area contributed by atoms with E-state index in [-0.39, 0.29) is 18.1 Å². The third-order valence-corrected chi connectivity index (χ3v) is 6.59. The number of carbonyl (C=O) groups is 1. The lowest BCUT2D eigenvalue weighted by Gasteiger charge is -2.42. The molecule has 0 aliphatic carbocycles. The van der Waals surface area contributed by atoms with E-state index in [0.29, 0.717) is 18.8 Å². The number of anilines is 1. The monoisotopic (exact) mass is 466 g/mol. The maximum absolute atomic E-state index is 13.7. The molecule has 0 bridgehead atoms. The fourth-order valence-corrected chi connectivity index (χ4v) is 4.64. The zero-order valence-electron chi connectivity index (χ0n) is 20.1. The zero-order valence-corrected chi connectivity index (χ0v) is 20.1. The predicted octanol–water partition coefficient (Wildman–Crippen LogP) is 6.66. The number of nitrogens with one attached hydrogen (secondary N) is 1. The normalized spacial score (nSPS) is 15.9. The zero-order chi connectivity index (χ0) is 24.2. The van der Waals surface area contributed by atoms with Crippen LogP contribution in [0.3, 0.4) is 0 Å². The highest BCUT2D eigenvalue weighted by molar-refractivity contribution is 6.02. The Kier molecular flexibility index (Phi) is 6.57. The molecule has 0 saturated heterocycles. The minimum Gasteiger partial charge on any atom is -0.490 e. The van der Waals surface area contributed by atoms with E-state index in [1.54, 1.807) is 0 Å². The maximum Gasteiger partial charge on any atom is 0.258 e.